The van der Waals surface area contributed by atoms with Crippen LogP contribution in [0.15, 0.2) is 60.7 Å². The van der Waals surface area contributed by atoms with Gasteiger partial charge < -0.3 is 9.80 Å². The molecule has 0 atom stereocenters. The molecule has 4 nitrogen and oxygen atoms in total. The highest BCUT2D eigenvalue weighted by Gasteiger charge is 2.31. The summed E-state index contributed by atoms with van der Waals surface area (Å²) in [5, 5.41) is 0. The van der Waals surface area contributed by atoms with Crippen molar-refractivity contribution in [2.24, 2.45) is 11.8 Å². The van der Waals surface area contributed by atoms with Gasteiger partial charge in [0.1, 0.15) is 0 Å². The zero-order valence-corrected chi connectivity index (χ0v) is 19.8. The Labute approximate surface area is 198 Å². The van der Waals surface area contributed by atoms with Crippen molar-refractivity contribution in [2.75, 3.05) is 26.2 Å². The van der Waals surface area contributed by atoms with Gasteiger partial charge in [0.05, 0.1) is 0 Å². The number of likely N-dealkylation sites (tertiary alicyclic amines) is 2. The maximum absolute atomic E-state index is 13.1. The van der Waals surface area contributed by atoms with Crippen LogP contribution < -0.4 is 0 Å². The van der Waals surface area contributed by atoms with Crippen LogP contribution in [-0.2, 0) is 16.0 Å². The second kappa shape index (κ2) is 11.3. The third-order valence-corrected chi connectivity index (χ3v) is 7.26. The van der Waals surface area contributed by atoms with Gasteiger partial charge in [0, 0.05) is 38.2 Å². The fraction of sp³-hybridized carbons (Fsp3) is 0.448. The highest BCUT2D eigenvalue weighted by molar-refractivity contribution is 5.92. The number of aryl methyl sites for hydroxylation is 2. The van der Waals surface area contributed by atoms with Gasteiger partial charge in [-0.15, -0.1) is 0 Å². The Balaban J connectivity index is 1.17. The van der Waals surface area contributed by atoms with Crippen molar-refractivity contribution in [1.29, 1.82) is 0 Å². The molecule has 2 saturated heterocycles. The Morgan fingerprint density at radius 3 is 2.15 bits per heavy atom. The lowest BCUT2D eigenvalue weighted by molar-refractivity contribution is -0.140. The van der Waals surface area contributed by atoms with Crippen molar-refractivity contribution < 1.29 is 9.59 Å². The first-order valence-electron chi connectivity index (χ1n) is 12.4. The predicted octanol–water partition coefficient (Wildman–Crippen LogP) is 5.12. The molecule has 0 bridgehead atoms. The second-order valence-corrected chi connectivity index (χ2v) is 9.64. The molecule has 2 aliphatic heterocycles. The molecule has 2 heterocycles. The number of rotatable bonds is 6. The molecule has 4 heteroatoms. The summed E-state index contributed by atoms with van der Waals surface area (Å²) in [4.78, 5) is 29.5. The summed E-state index contributed by atoms with van der Waals surface area (Å²) in [5.74, 6) is 1.13. The van der Waals surface area contributed by atoms with E-state index in [1.165, 1.54) is 17.5 Å². The second-order valence-electron chi connectivity index (χ2n) is 9.64. The normalized spacial score (nSPS) is 18.1. The van der Waals surface area contributed by atoms with Gasteiger partial charge in [-0.3, -0.25) is 9.59 Å². The van der Waals surface area contributed by atoms with E-state index in [0.717, 1.165) is 50.8 Å². The minimum Gasteiger partial charge on any atom is -0.342 e. The van der Waals surface area contributed by atoms with Crippen molar-refractivity contribution in [3.63, 3.8) is 0 Å². The van der Waals surface area contributed by atoms with E-state index in [-0.39, 0.29) is 11.8 Å². The molecule has 2 aromatic carbocycles. The third-order valence-electron chi connectivity index (χ3n) is 7.26. The van der Waals surface area contributed by atoms with Crippen molar-refractivity contribution in [3.05, 3.63) is 77.4 Å². The first-order chi connectivity index (χ1) is 16.1. The van der Waals surface area contributed by atoms with Crippen molar-refractivity contribution in [1.82, 2.24) is 9.80 Å². The van der Waals surface area contributed by atoms with Crippen LogP contribution in [0.1, 0.15) is 48.8 Å². The standard InChI is InChI=1S/C29H36N2O2/c1-23-7-9-25(10-8-23)11-12-26-15-19-31(20-16-26)29(33)27-17-21-30(22-18-27)28(32)14-13-24-5-3-2-4-6-24/h2-10,13-14,26-27H,11-12,15-22H2,1H3/b14-13+. The van der Waals surface area contributed by atoms with Gasteiger partial charge in [-0.25, -0.2) is 0 Å². The molecule has 0 aromatic heterocycles. The molecule has 0 N–H and O–H groups in total. The number of hydrogen-bond acceptors (Lipinski definition) is 2. The van der Waals surface area contributed by atoms with Crippen LogP contribution >= 0.6 is 0 Å². The van der Waals surface area contributed by atoms with Crippen molar-refractivity contribution in [2.45, 2.75) is 45.4 Å². The number of hydrogen-bond donors (Lipinski definition) is 0. The van der Waals surface area contributed by atoms with Crippen LogP contribution in [0.4, 0.5) is 0 Å². The Kier molecular flexibility index (Phi) is 7.98. The summed E-state index contributed by atoms with van der Waals surface area (Å²) in [5.41, 5.74) is 3.75. The highest BCUT2D eigenvalue weighted by atomic mass is 16.2. The zero-order valence-electron chi connectivity index (χ0n) is 19.8. The minimum atomic E-state index is 0.0409. The summed E-state index contributed by atoms with van der Waals surface area (Å²) < 4.78 is 0. The smallest absolute Gasteiger partial charge is 0.246 e. The largest absolute Gasteiger partial charge is 0.342 e. The lowest BCUT2D eigenvalue weighted by Crippen LogP contribution is -2.46. The van der Waals surface area contributed by atoms with Crippen molar-refractivity contribution >= 4 is 17.9 Å². The third kappa shape index (κ3) is 6.56. The SMILES string of the molecule is Cc1ccc(CCC2CCN(C(=O)C3CCN(C(=O)/C=C/c4ccccc4)CC3)CC2)cc1. The topological polar surface area (TPSA) is 40.6 Å². The van der Waals surface area contributed by atoms with Gasteiger partial charge >= 0.3 is 0 Å². The Hall–Kier alpha value is -2.88. The number of amides is 2. The first kappa shape index (κ1) is 23.3. The van der Waals surface area contributed by atoms with Crippen LogP contribution in [-0.4, -0.2) is 47.8 Å². The van der Waals surface area contributed by atoms with E-state index in [1.807, 2.05) is 41.3 Å². The zero-order chi connectivity index (χ0) is 23.0. The molecule has 2 amide bonds. The number of carbonyl (C=O) groups excluding carboxylic acids is 2. The van der Waals surface area contributed by atoms with E-state index in [9.17, 15) is 9.59 Å². The Morgan fingerprint density at radius 2 is 1.48 bits per heavy atom. The number of carbonyl (C=O) groups is 2. The molecule has 0 unspecified atom stereocenters. The van der Waals surface area contributed by atoms with E-state index < -0.39 is 0 Å². The van der Waals surface area contributed by atoms with E-state index >= 15 is 0 Å². The molecule has 2 aromatic rings. The molecule has 0 spiro atoms. The van der Waals surface area contributed by atoms with E-state index in [0.29, 0.717) is 24.9 Å². The molecule has 0 aliphatic carbocycles. The maximum atomic E-state index is 13.1. The molecule has 174 valence electrons. The van der Waals surface area contributed by atoms with Crippen LogP contribution in [0.5, 0.6) is 0 Å². The van der Waals surface area contributed by atoms with Gasteiger partial charge in [0.25, 0.3) is 0 Å². The summed E-state index contributed by atoms with van der Waals surface area (Å²) in [6.07, 6.45) is 9.63. The molecule has 0 radical (unpaired) electrons. The predicted molar refractivity (Wildman–Crippen MR) is 134 cm³/mol. The first-order valence-corrected chi connectivity index (χ1v) is 12.4. The fourth-order valence-electron chi connectivity index (χ4n) is 5.01. The maximum Gasteiger partial charge on any atom is 0.246 e. The number of nitrogens with zero attached hydrogens (tertiary/aromatic N) is 2. The molecule has 2 aliphatic rings. The molecule has 0 saturated carbocycles. The van der Waals surface area contributed by atoms with Gasteiger partial charge in [-0.1, -0.05) is 60.2 Å². The quantitative estimate of drug-likeness (QED) is 0.581. The van der Waals surface area contributed by atoms with Crippen LogP contribution in [0.3, 0.4) is 0 Å². The average molecular weight is 445 g/mol. The van der Waals surface area contributed by atoms with E-state index in [2.05, 4.69) is 36.1 Å². The fourth-order valence-corrected chi connectivity index (χ4v) is 5.01. The molecular weight excluding hydrogens is 408 g/mol. The highest BCUT2D eigenvalue weighted by Crippen LogP contribution is 2.26. The van der Waals surface area contributed by atoms with Gasteiger partial charge in [-0.05, 0) is 68.6 Å². The lowest BCUT2D eigenvalue weighted by Gasteiger charge is -2.37. The molecule has 4 rings (SSSR count). The van der Waals surface area contributed by atoms with E-state index in [4.69, 9.17) is 0 Å². The van der Waals surface area contributed by atoms with Crippen molar-refractivity contribution in [3.8, 4) is 0 Å². The minimum absolute atomic E-state index is 0.0409. The van der Waals surface area contributed by atoms with Gasteiger partial charge in [0.2, 0.25) is 11.8 Å². The summed E-state index contributed by atoms with van der Waals surface area (Å²) in [6.45, 7) is 5.23. The Morgan fingerprint density at radius 1 is 0.848 bits per heavy atom. The van der Waals surface area contributed by atoms with Gasteiger partial charge in [-0.2, -0.15) is 0 Å². The lowest BCUT2D eigenvalue weighted by atomic mass is 9.89. The van der Waals surface area contributed by atoms with Crippen LogP contribution in [0.2, 0.25) is 0 Å². The summed E-state index contributed by atoms with van der Waals surface area (Å²) in [6, 6.07) is 18.7. The monoisotopic (exact) mass is 444 g/mol. The average Bonchev–Trinajstić information content (AvgIpc) is 2.87. The molecule has 2 fully saturated rings. The van der Waals surface area contributed by atoms with Crippen LogP contribution in [0.25, 0.3) is 6.08 Å². The summed E-state index contributed by atoms with van der Waals surface area (Å²) >= 11 is 0. The summed E-state index contributed by atoms with van der Waals surface area (Å²) in [7, 11) is 0. The Bertz CT molecular complexity index is 935. The van der Waals surface area contributed by atoms with Crippen LogP contribution in [0, 0.1) is 18.8 Å². The number of piperidine rings is 2. The molecular formula is C29H36N2O2. The van der Waals surface area contributed by atoms with Gasteiger partial charge in [0.15, 0.2) is 0 Å². The molecule has 33 heavy (non-hydrogen) atoms. The van der Waals surface area contributed by atoms with E-state index in [1.54, 1.807) is 6.08 Å². The number of benzene rings is 2.